The van der Waals surface area contributed by atoms with Crippen LogP contribution in [0.3, 0.4) is 0 Å². The second-order valence-corrected chi connectivity index (χ2v) is 7.29. The smallest absolute Gasteiger partial charge is 0.333 e. The van der Waals surface area contributed by atoms with E-state index in [0.29, 0.717) is 15.5 Å². The topological polar surface area (TPSA) is 89.2 Å². The standard InChI is InChI=1S/C20H23N5O3S/c1-4-12-24-18(27)16-17(22-19(29-16)23(5-2)6-3)25(20(24)28)13-15(26)21-14-10-8-7-9-11-14/h4,7-11H,1,5-6,12-13H2,2-3H3,(H,21,26). The lowest BCUT2D eigenvalue weighted by atomic mass is 10.3. The van der Waals surface area contributed by atoms with Crippen LogP contribution in [0.25, 0.3) is 10.3 Å². The van der Waals surface area contributed by atoms with Crippen LogP contribution in [-0.4, -0.2) is 33.1 Å². The zero-order chi connectivity index (χ0) is 21.0. The van der Waals surface area contributed by atoms with Gasteiger partial charge in [0.05, 0.1) is 0 Å². The largest absolute Gasteiger partial charge is 0.349 e. The molecule has 1 amide bonds. The normalized spacial score (nSPS) is 10.8. The van der Waals surface area contributed by atoms with E-state index in [1.165, 1.54) is 22.0 Å². The molecule has 0 aliphatic carbocycles. The quantitative estimate of drug-likeness (QED) is 0.573. The maximum atomic E-state index is 12.9. The molecule has 0 atom stereocenters. The third-order valence-electron chi connectivity index (χ3n) is 4.46. The molecule has 3 rings (SSSR count). The SMILES string of the molecule is C=CCn1c(=O)c2sc(N(CC)CC)nc2n(CC(=O)Nc2ccccc2)c1=O. The second-order valence-electron chi connectivity index (χ2n) is 6.31. The summed E-state index contributed by atoms with van der Waals surface area (Å²) in [6, 6.07) is 8.98. The van der Waals surface area contributed by atoms with Crippen molar-refractivity contribution >= 4 is 38.4 Å². The number of nitrogens with zero attached hydrogens (tertiary/aromatic N) is 4. The highest BCUT2D eigenvalue weighted by Gasteiger charge is 2.20. The number of nitrogens with one attached hydrogen (secondary N) is 1. The van der Waals surface area contributed by atoms with Gasteiger partial charge in [0.1, 0.15) is 11.2 Å². The molecular weight excluding hydrogens is 390 g/mol. The van der Waals surface area contributed by atoms with E-state index in [-0.39, 0.29) is 24.6 Å². The van der Waals surface area contributed by atoms with Gasteiger partial charge in [0.25, 0.3) is 5.56 Å². The number of carbonyl (C=O) groups excluding carboxylic acids is 1. The Morgan fingerprint density at radius 2 is 1.90 bits per heavy atom. The first-order valence-electron chi connectivity index (χ1n) is 9.35. The molecule has 0 spiro atoms. The van der Waals surface area contributed by atoms with Gasteiger partial charge in [-0.25, -0.2) is 9.78 Å². The second kappa shape index (κ2) is 8.87. The molecule has 0 radical (unpaired) electrons. The van der Waals surface area contributed by atoms with Crippen molar-refractivity contribution in [2.45, 2.75) is 26.9 Å². The minimum Gasteiger partial charge on any atom is -0.349 e. The number of thiazole rings is 1. The van der Waals surface area contributed by atoms with E-state index in [1.807, 2.05) is 24.8 Å². The van der Waals surface area contributed by atoms with Crippen LogP contribution in [0.15, 0.2) is 52.6 Å². The molecule has 0 unspecified atom stereocenters. The van der Waals surface area contributed by atoms with Gasteiger partial charge in [0.15, 0.2) is 10.8 Å². The predicted molar refractivity (Wildman–Crippen MR) is 117 cm³/mol. The molecule has 0 saturated heterocycles. The maximum Gasteiger partial charge on any atom is 0.333 e. The fourth-order valence-corrected chi connectivity index (χ4v) is 4.14. The summed E-state index contributed by atoms with van der Waals surface area (Å²) in [6.07, 6.45) is 1.48. The van der Waals surface area contributed by atoms with Crippen molar-refractivity contribution in [3.8, 4) is 0 Å². The minimum absolute atomic E-state index is 0.0619. The van der Waals surface area contributed by atoms with Crippen molar-refractivity contribution in [2.75, 3.05) is 23.3 Å². The van der Waals surface area contributed by atoms with Crippen molar-refractivity contribution < 1.29 is 4.79 Å². The van der Waals surface area contributed by atoms with Crippen molar-refractivity contribution in [1.29, 1.82) is 0 Å². The lowest BCUT2D eigenvalue weighted by Gasteiger charge is -2.16. The number of fused-ring (bicyclic) bond motifs is 1. The number of para-hydroxylation sites is 1. The van der Waals surface area contributed by atoms with E-state index in [2.05, 4.69) is 16.9 Å². The van der Waals surface area contributed by atoms with Gasteiger partial charge in [-0.15, -0.1) is 6.58 Å². The van der Waals surface area contributed by atoms with E-state index in [9.17, 15) is 14.4 Å². The third kappa shape index (κ3) is 4.14. The maximum absolute atomic E-state index is 12.9. The van der Waals surface area contributed by atoms with Crippen molar-refractivity contribution in [2.24, 2.45) is 0 Å². The fourth-order valence-electron chi connectivity index (χ4n) is 3.00. The summed E-state index contributed by atoms with van der Waals surface area (Å²) in [5.41, 5.74) is -0.138. The van der Waals surface area contributed by atoms with E-state index in [4.69, 9.17) is 0 Å². The van der Waals surface area contributed by atoms with E-state index in [1.54, 1.807) is 24.3 Å². The van der Waals surface area contributed by atoms with Crippen LogP contribution in [0.4, 0.5) is 10.8 Å². The average Bonchev–Trinajstić information content (AvgIpc) is 3.15. The van der Waals surface area contributed by atoms with Crippen LogP contribution < -0.4 is 21.5 Å². The van der Waals surface area contributed by atoms with Crippen LogP contribution in [0.2, 0.25) is 0 Å². The molecule has 0 fully saturated rings. The number of hydrogen-bond acceptors (Lipinski definition) is 6. The van der Waals surface area contributed by atoms with Gasteiger partial charge in [0, 0.05) is 25.3 Å². The number of hydrogen-bond donors (Lipinski definition) is 1. The summed E-state index contributed by atoms with van der Waals surface area (Å²) < 4.78 is 2.68. The van der Waals surface area contributed by atoms with Gasteiger partial charge < -0.3 is 10.2 Å². The molecule has 1 aromatic carbocycles. The summed E-state index contributed by atoms with van der Waals surface area (Å²) in [5.74, 6) is -0.374. The fraction of sp³-hybridized carbons (Fsp3) is 0.300. The number of aromatic nitrogens is 3. The summed E-state index contributed by atoms with van der Waals surface area (Å²) in [5, 5.41) is 3.41. The number of allylic oxidation sites excluding steroid dienone is 1. The van der Waals surface area contributed by atoms with Gasteiger partial charge in [-0.3, -0.25) is 18.7 Å². The first-order chi connectivity index (χ1) is 14.0. The zero-order valence-corrected chi connectivity index (χ0v) is 17.2. The molecule has 9 heteroatoms. The Bertz CT molecular complexity index is 1140. The summed E-state index contributed by atoms with van der Waals surface area (Å²) >= 11 is 1.23. The number of amides is 1. The van der Waals surface area contributed by atoms with Gasteiger partial charge in [0.2, 0.25) is 5.91 Å². The number of carbonyl (C=O) groups is 1. The summed E-state index contributed by atoms with van der Waals surface area (Å²) in [4.78, 5) is 44.9. The van der Waals surface area contributed by atoms with Crippen LogP contribution in [0.1, 0.15) is 13.8 Å². The van der Waals surface area contributed by atoms with Crippen LogP contribution >= 0.6 is 11.3 Å². The lowest BCUT2D eigenvalue weighted by Crippen LogP contribution is -2.41. The average molecular weight is 414 g/mol. The Hall–Kier alpha value is -3.20. The van der Waals surface area contributed by atoms with E-state index in [0.717, 1.165) is 17.7 Å². The molecule has 29 heavy (non-hydrogen) atoms. The third-order valence-corrected chi connectivity index (χ3v) is 5.55. The van der Waals surface area contributed by atoms with Gasteiger partial charge in [-0.05, 0) is 26.0 Å². The number of benzene rings is 1. The number of rotatable bonds is 8. The van der Waals surface area contributed by atoms with Gasteiger partial charge in [-0.2, -0.15) is 0 Å². The first kappa shape index (κ1) is 20.5. The van der Waals surface area contributed by atoms with Crippen molar-refractivity contribution in [1.82, 2.24) is 14.1 Å². The first-order valence-corrected chi connectivity index (χ1v) is 10.2. The highest BCUT2D eigenvalue weighted by Crippen LogP contribution is 2.25. The Morgan fingerprint density at radius 3 is 2.52 bits per heavy atom. The molecule has 2 aromatic heterocycles. The van der Waals surface area contributed by atoms with Gasteiger partial charge >= 0.3 is 5.69 Å². The van der Waals surface area contributed by atoms with Crippen LogP contribution in [-0.2, 0) is 17.9 Å². The highest BCUT2D eigenvalue weighted by molar-refractivity contribution is 7.22. The molecule has 152 valence electrons. The van der Waals surface area contributed by atoms with Crippen molar-refractivity contribution in [3.63, 3.8) is 0 Å². The van der Waals surface area contributed by atoms with Crippen LogP contribution in [0.5, 0.6) is 0 Å². The molecule has 1 N–H and O–H groups in total. The minimum atomic E-state index is -0.581. The molecule has 0 aliphatic heterocycles. The molecule has 3 aromatic rings. The van der Waals surface area contributed by atoms with E-state index < -0.39 is 11.2 Å². The van der Waals surface area contributed by atoms with E-state index >= 15 is 0 Å². The molecular formula is C20H23N5O3S. The highest BCUT2D eigenvalue weighted by atomic mass is 32.1. The Kier molecular flexibility index (Phi) is 6.28. The number of anilines is 2. The lowest BCUT2D eigenvalue weighted by molar-refractivity contribution is -0.116. The molecule has 8 nitrogen and oxygen atoms in total. The predicted octanol–water partition coefficient (Wildman–Crippen LogP) is 2.29. The summed E-state index contributed by atoms with van der Waals surface area (Å²) in [7, 11) is 0. The molecule has 0 aliphatic rings. The zero-order valence-electron chi connectivity index (χ0n) is 16.4. The summed E-state index contributed by atoms with van der Waals surface area (Å²) in [6.45, 7) is 8.85. The monoisotopic (exact) mass is 413 g/mol. The van der Waals surface area contributed by atoms with Gasteiger partial charge in [-0.1, -0.05) is 35.6 Å². The molecule has 0 bridgehead atoms. The van der Waals surface area contributed by atoms with Crippen LogP contribution in [0, 0.1) is 0 Å². The molecule has 0 saturated carbocycles. The Labute approximate surface area is 171 Å². The Morgan fingerprint density at radius 1 is 1.21 bits per heavy atom. The molecule has 2 heterocycles. The Balaban J connectivity index is 2.10. The van der Waals surface area contributed by atoms with Crippen molar-refractivity contribution in [3.05, 3.63) is 63.8 Å².